The van der Waals surface area contributed by atoms with Crippen molar-refractivity contribution in [3.63, 3.8) is 0 Å². The number of hydrazine groups is 1. The molecule has 0 aromatic heterocycles. The second kappa shape index (κ2) is 9.31. The molecule has 0 bridgehead atoms. The van der Waals surface area contributed by atoms with Crippen molar-refractivity contribution in [1.29, 1.82) is 5.26 Å². The molecule has 0 unspecified atom stereocenters. The maximum Gasteiger partial charge on any atom is 0.220 e. The fraction of sp³-hybridized carbons (Fsp3) is 0.200. The summed E-state index contributed by atoms with van der Waals surface area (Å²) in [6.07, 6.45) is 0. The minimum absolute atomic E-state index is 0.341. The van der Waals surface area contributed by atoms with Crippen LogP contribution < -0.4 is 25.1 Å². The number of benzene rings is 3. The smallest absolute Gasteiger partial charge is 0.220 e. The highest BCUT2D eigenvalue weighted by Gasteiger charge is 2.22. The van der Waals surface area contributed by atoms with E-state index in [0.717, 1.165) is 21.8 Å². The first-order chi connectivity index (χ1) is 15.6. The molecule has 0 saturated carbocycles. The van der Waals surface area contributed by atoms with E-state index in [1.165, 1.54) is 0 Å². The van der Waals surface area contributed by atoms with E-state index < -0.39 is 0 Å². The van der Waals surface area contributed by atoms with E-state index >= 15 is 0 Å². The van der Waals surface area contributed by atoms with Crippen LogP contribution in [0.2, 0.25) is 0 Å². The minimum atomic E-state index is 0.341. The molecule has 0 radical (unpaired) electrons. The first-order valence-corrected chi connectivity index (χ1v) is 10.1. The van der Waals surface area contributed by atoms with E-state index in [2.05, 4.69) is 6.07 Å². The molecule has 0 fully saturated rings. The van der Waals surface area contributed by atoms with Crippen LogP contribution in [0.4, 0.5) is 5.69 Å². The fourth-order valence-electron chi connectivity index (χ4n) is 3.51. The van der Waals surface area contributed by atoms with Crippen molar-refractivity contribution in [2.45, 2.75) is 6.61 Å². The molecule has 0 saturated heterocycles. The Labute approximate surface area is 187 Å². The number of nitrogens with zero attached hydrogens (tertiary/aromatic N) is 4. The summed E-state index contributed by atoms with van der Waals surface area (Å²) in [5.41, 5.74) is 2.58. The predicted octanol–water partition coefficient (Wildman–Crippen LogP) is 2.80. The van der Waals surface area contributed by atoms with Gasteiger partial charge in [-0.15, -0.1) is 0 Å². The zero-order valence-electron chi connectivity index (χ0n) is 18.3. The lowest BCUT2D eigenvalue weighted by Crippen LogP contribution is -2.48. The van der Waals surface area contributed by atoms with E-state index in [4.69, 9.17) is 24.5 Å². The number of nitriles is 1. The topological polar surface area (TPSA) is 70.3 Å². The van der Waals surface area contributed by atoms with Gasteiger partial charge in [-0.25, -0.2) is 5.01 Å². The highest BCUT2D eigenvalue weighted by atomic mass is 16.5. The molecule has 32 heavy (non-hydrogen) atoms. The standard InChI is InChI=1S/C25H24N4O3/c1-28(20-7-5-4-6-8-20)29-17-27-22-14-24(31-3)23(30-2)13-21(22)25(29)32-16-19-11-9-18(15-26)10-12-19/h4-14H,16-17H2,1-3H3. The van der Waals surface area contributed by atoms with Gasteiger partial charge in [-0.1, -0.05) is 30.3 Å². The predicted molar refractivity (Wildman–Crippen MR) is 121 cm³/mol. The van der Waals surface area contributed by atoms with Crippen molar-refractivity contribution in [3.8, 4) is 17.6 Å². The molecule has 1 heterocycles. The first-order valence-electron chi connectivity index (χ1n) is 10.1. The Morgan fingerprint density at radius 3 is 2.34 bits per heavy atom. The van der Waals surface area contributed by atoms with E-state index in [1.807, 2.05) is 71.7 Å². The maximum atomic E-state index is 9.04. The lowest BCUT2D eigenvalue weighted by atomic mass is 10.1. The number of rotatable bonds is 7. The second-order valence-electron chi connectivity index (χ2n) is 7.19. The molecule has 4 rings (SSSR count). The van der Waals surface area contributed by atoms with Crippen molar-refractivity contribution in [2.75, 3.05) is 32.9 Å². The highest BCUT2D eigenvalue weighted by molar-refractivity contribution is 5.51. The van der Waals surface area contributed by atoms with Gasteiger partial charge < -0.3 is 14.2 Å². The maximum absolute atomic E-state index is 9.04. The van der Waals surface area contributed by atoms with Crippen molar-refractivity contribution in [2.24, 2.45) is 4.99 Å². The van der Waals surface area contributed by atoms with Crippen molar-refractivity contribution in [3.05, 3.63) is 88.4 Å². The van der Waals surface area contributed by atoms with Gasteiger partial charge in [0.25, 0.3) is 0 Å². The minimum Gasteiger partial charge on any atom is -0.493 e. The molecule has 3 aromatic rings. The van der Waals surface area contributed by atoms with Gasteiger partial charge in [0, 0.05) is 13.1 Å². The van der Waals surface area contributed by atoms with Crippen LogP contribution in [0.3, 0.4) is 0 Å². The zero-order chi connectivity index (χ0) is 22.5. The van der Waals surface area contributed by atoms with Crippen LogP contribution in [-0.2, 0) is 11.3 Å². The summed E-state index contributed by atoms with van der Waals surface area (Å²) in [7, 11) is 5.19. The normalized spacial score (nSPS) is 12.3. The molecule has 3 aromatic carbocycles. The Bertz CT molecular complexity index is 1250. The molecule has 0 aliphatic carbocycles. The fourth-order valence-corrected chi connectivity index (χ4v) is 3.51. The number of fused-ring (bicyclic) bond motifs is 1. The van der Waals surface area contributed by atoms with Crippen LogP contribution in [0, 0.1) is 11.3 Å². The second-order valence-corrected chi connectivity index (χ2v) is 7.19. The number of hydrogen-bond acceptors (Lipinski definition) is 7. The molecule has 0 atom stereocenters. The van der Waals surface area contributed by atoms with Gasteiger partial charge in [0.15, 0.2) is 11.5 Å². The Balaban J connectivity index is 1.77. The van der Waals surface area contributed by atoms with Gasteiger partial charge >= 0.3 is 0 Å². The van der Waals surface area contributed by atoms with Crippen molar-refractivity contribution < 1.29 is 14.2 Å². The summed E-state index contributed by atoms with van der Waals surface area (Å²) in [5, 5.41) is 14.6. The van der Waals surface area contributed by atoms with E-state index in [1.54, 1.807) is 26.4 Å². The van der Waals surface area contributed by atoms with Gasteiger partial charge in [0.1, 0.15) is 13.3 Å². The van der Waals surface area contributed by atoms with Gasteiger partial charge in [-0.3, -0.25) is 10.0 Å². The average Bonchev–Trinajstić information content (AvgIpc) is 2.86. The number of ether oxygens (including phenoxy) is 3. The van der Waals surface area contributed by atoms with E-state index in [-0.39, 0.29) is 0 Å². The number of hydrogen-bond donors (Lipinski definition) is 0. The molecular weight excluding hydrogens is 404 g/mol. The Kier molecular flexibility index (Phi) is 6.13. The lowest BCUT2D eigenvalue weighted by molar-refractivity contribution is 0.169. The molecule has 1 aliphatic rings. The third kappa shape index (κ3) is 4.16. The average molecular weight is 428 g/mol. The summed E-state index contributed by atoms with van der Waals surface area (Å²) in [5.74, 6) is 1.88. The number of methoxy groups -OCH3 is 2. The molecular formula is C25H24N4O3. The zero-order valence-corrected chi connectivity index (χ0v) is 18.3. The van der Waals surface area contributed by atoms with Crippen LogP contribution in [0.1, 0.15) is 11.1 Å². The molecule has 0 spiro atoms. The van der Waals surface area contributed by atoms with Crippen molar-refractivity contribution >= 4 is 11.6 Å². The number of para-hydroxylation sites is 1. The van der Waals surface area contributed by atoms with Crippen LogP contribution in [0.25, 0.3) is 5.88 Å². The molecule has 1 aliphatic heterocycles. The van der Waals surface area contributed by atoms with E-state index in [0.29, 0.717) is 36.2 Å². The molecule has 7 heteroatoms. The van der Waals surface area contributed by atoms with Gasteiger partial charge in [0.2, 0.25) is 5.88 Å². The van der Waals surface area contributed by atoms with Crippen LogP contribution in [-0.4, -0.2) is 32.9 Å². The van der Waals surface area contributed by atoms with Crippen LogP contribution >= 0.6 is 0 Å². The quantitative estimate of drug-likeness (QED) is 0.576. The SMILES string of the molecule is COc1cc2c(cc1OC)=C(OCc1ccc(C#N)cc1)N(N(C)c1ccccc1)CN=2. The van der Waals surface area contributed by atoms with Gasteiger partial charge in [-0.2, -0.15) is 5.26 Å². The summed E-state index contributed by atoms with van der Waals surface area (Å²) < 4.78 is 17.3. The third-order valence-electron chi connectivity index (χ3n) is 5.29. The molecule has 0 amide bonds. The Hall–Kier alpha value is -4.18. The monoisotopic (exact) mass is 428 g/mol. The summed E-state index contributed by atoms with van der Waals surface area (Å²) in [4.78, 5) is 4.74. The third-order valence-corrected chi connectivity index (χ3v) is 5.29. The van der Waals surface area contributed by atoms with E-state index in [9.17, 15) is 0 Å². The van der Waals surface area contributed by atoms with Gasteiger partial charge in [0.05, 0.1) is 42.1 Å². The summed E-state index contributed by atoms with van der Waals surface area (Å²) in [6, 6.07) is 23.3. The molecule has 0 N–H and O–H groups in total. The largest absolute Gasteiger partial charge is 0.493 e. The van der Waals surface area contributed by atoms with Crippen LogP contribution in [0.15, 0.2) is 71.7 Å². The van der Waals surface area contributed by atoms with Crippen molar-refractivity contribution in [1.82, 2.24) is 5.01 Å². The van der Waals surface area contributed by atoms with Crippen LogP contribution in [0.5, 0.6) is 11.5 Å². The molecule has 7 nitrogen and oxygen atoms in total. The highest BCUT2D eigenvalue weighted by Crippen LogP contribution is 2.25. The molecule has 162 valence electrons. The summed E-state index contributed by atoms with van der Waals surface area (Å²) >= 11 is 0. The van der Waals surface area contributed by atoms with Gasteiger partial charge in [-0.05, 0) is 35.9 Å². The number of anilines is 1. The Morgan fingerprint density at radius 2 is 1.69 bits per heavy atom. The first kappa shape index (κ1) is 21.1. The summed E-state index contributed by atoms with van der Waals surface area (Å²) in [6.45, 7) is 0.727. The Morgan fingerprint density at radius 1 is 1.00 bits per heavy atom. The lowest BCUT2D eigenvalue weighted by Gasteiger charge is -2.36.